The van der Waals surface area contributed by atoms with Gasteiger partial charge in [0.15, 0.2) is 0 Å². The van der Waals surface area contributed by atoms with E-state index in [1.54, 1.807) is 45.9 Å². The topological polar surface area (TPSA) is 94.9 Å². The first-order valence-electron chi connectivity index (χ1n) is 7.49. The maximum atomic E-state index is 11.8. The van der Waals surface area contributed by atoms with Gasteiger partial charge in [-0.1, -0.05) is 39.8 Å². The molecule has 1 aromatic carbocycles. The summed E-state index contributed by atoms with van der Waals surface area (Å²) in [7, 11) is 0. The van der Waals surface area contributed by atoms with E-state index in [1.807, 2.05) is 0 Å². The summed E-state index contributed by atoms with van der Waals surface area (Å²) in [6.07, 6.45) is 0.651. The van der Waals surface area contributed by atoms with Crippen LogP contribution in [0, 0.1) is 11.8 Å². The SMILES string of the molecule is CC(C)C(C(=O)O)N(c1cccc(C=O)c1)C(C(=O)O)C(C)C. The minimum atomic E-state index is -1.09. The van der Waals surface area contributed by atoms with Crippen molar-refractivity contribution in [1.29, 1.82) is 0 Å². The largest absolute Gasteiger partial charge is 0.480 e. The van der Waals surface area contributed by atoms with E-state index in [-0.39, 0.29) is 11.8 Å². The average molecular weight is 321 g/mol. The van der Waals surface area contributed by atoms with Crippen molar-refractivity contribution in [3.05, 3.63) is 29.8 Å². The Morgan fingerprint density at radius 2 is 1.48 bits per heavy atom. The second-order valence-electron chi connectivity index (χ2n) is 6.17. The van der Waals surface area contributed by atoms with Gasteiger partial charge in [-0.2, -0.15) is 0 Å². The number of aldehydes is 1. The molecule has 0 saturated heterocycles. The number of carboxylic acid groups (broad SMARTS) is 2. The molecule has 0 fully saturated rings. The standard InChI is InChI=1S/C17H23NO5/c1-10(2)14(16(20)21)18(15(11(3)4)17(22)23)13-7-5-6-12(8-13)9-19/h5-11,14-15H,1-4H3,(H,20,21)(H,22,23). The van der Waals surface area contributed by atoms with Crippen molar-refractivity contribution in [1.82, 2.24) is 0 Å². The Labute approximate surface area is 135 Å². The summed E-state index contributed by atoms with van der Waals surface area (Å²) >= 11 is 0. The van der Waals surface area contributed by atoms with Crippen LogP contribution in [0.2, 0.25) is 0 Å². The average Bonchev–Trinajstić information content (AvgIpc) is 2.45. The molecule has 0 heterocycles. The number of carboxylic acids is 2. The monoisotopic (exact) mass is 321 g/mol. The number of carbonyl (C=O) groups excluding carboxylic acids is 1. The van der Waals surface area contributed by atoms with Gasteiger partial charge in [-0.25, -0.2) is 9.59 Å². The Morgan fingerprint density at radius 3 is 1.83 bits per heavy atom. The van der Waals surface area contributed by atoms with Crippen LogP contribution in [0.15, 0.2) is 24.3 Å². The van der Waals surface area contributed by atoms with Crippen LogP contribution in [0.1, 0.15) is 38.1 Å². The Balaban J connectivity index is 3.54. The Hall–Kier alpha value is -2.37. The summed E-state index contributed by atoms with van der Waals surface area (Å²) in [5.41, 5.74) is 0.782. The molecule has 0 bridgehead atoms. The van der Waals surface area contributed by atoms with E-state index < -0.39 is 24.0 Å². The van der Waals surface area contributed by atoms with Crippen LogP contribution in [0.4, 0.5) is 5.69 Å². The fourth-order valence-electron chi connectivity index (χ4n) is 2.70. The van der Waals surface area contributed by atoms with E-state index in [0.29, 0.717) is 17.5 Å². The number of hydrogen-bond acceptors (Lipinski definition) is 4. The highest BCUT2D eigenvalue weighted by molar-refractivity contribution is 5.86. The third-order valence-electron chi connectivity index (χ3n) is 3.67. The third kappa shape index (κ3) is 4.31. The second-order valence-corrected chi connectivity index (χ2v) is 6.17. The van der Waals surface area contributed by atoms with E-state index >= 15 is 0 Å². The van der Waals surface area contributed by atoms with Crippen LogP contribution >= 0.6 is 0 Å². The molecular weight excluding hydrogens is 298 g/mol. The summed E-state index contributed by atoms with van der Waals surface area (Å²) in [6, 6.07) is 4.32. The van der Waals surface area contributed by atoms with Gasteiger partial charge in [-0.15, -0.1) is 0 Å². The maximum Gasteiger partial charge on any atom is 0.326 e. The fourth-order valence-corrected chi connectivity index (χ4v) is 2.70. The molecule has 0 aliphatic carbocycles. The highest BCUT2D eigenvalue weighted by Gasteiger charge is 2.39. The van der Waals surface area contributed by atoms with E-state index in [0.717, 1.165) is 0 Å². The molecule has 2 N–H and O–H groups in total. The number of hydrogen-bond donors (Lipinski definition) is 2. The van der Waals surface area contributed by atoms with E-state index in [4.69, 9.17) is 0 Å². The van der Waals surface area contributed by atoms with Gasteiger partial charge < -0.3 is 15.1 Å². The molecule has 0 saturated carbocycles. The summed E-state index contributed by atoms with van der Waals surface area (Å²) in [6.45, 7) is 6.92. The normalized spacial score (nSPS) is 13.7. The molecule has 6 heteroatoms. The first-order chi connectivity index (χ1) is 10.7. The summed E-state index contributed by atoms with van der Waals surface area (Å²) in [4.78, 5) is 35.9. The predicted molar refractivity (Wildman–Crippen MR) is 86.8 cm³/mol. The third-order valence-corrected chi connectivity index (χ3v) is 3.67. The highest BCUT2D eigenvalue weighted by atomic mass is 16.4. The molecule has 23 heavy (non-hydrogen) atoms. The minimum absolute atomic E-state index is 0.312. The number of rotatable bonds is 8. The van der Waals surface area contributed by atoms with Gasteiger partial charge >= 0.3 is 11.9 Å². The molecule has 0 aliphatic rings. The van der Waals surface area contributed by atoms with Gasteiger partial charge in [0.05, 0.1) is 0 Å². The lowest BCUT2D eigenvalue weighted by molar-refractivity contribution is -0.142. The zero-order valence-corrected chi connectivity index (χ0v) is 13.8. The molecule has 6 nitrogen and oxygen atoms in total. The zero-order valence-electron chi connectivity index (χ0n) is 13.8. The van der Waals surface area contributed by atoms with Crippen LogP contribution in [-0.4, -0.2) is 40.5 Å². The quantitative estimate of drug-likeness (QED) is 0.714. The van der Waals surface area contributed by atoms with Crippen molar-refractivity contribution in [3.63, 3.8) is 0 Å². The van der Waals surface area contributed by atoms with Crippen LogP contribution in [0.3, 0.4) is 0 Å². The van der Waals surface area contributed by atoms with Crippen LogP contribution in [0.25, 0.3) is 0 Å². The molecule has 1 aromatic rings. The van der Waals surface area contributed by atoms with Crippen molar-refractivity contribution in [2.75, 3.05) is 4.90 Å². The van der Waals surface area contributed by atoms with Crippen molar-refractivity contribution in [2.24, 2.45) is 11.8 Å². The number of aliphatic carboxylic acids is 2. The number of anilines is 1. The summed E-state index contributed by atoms with van der Waals surface area (Å²) in [5, 5.41) is 19.2. The van der Waals surface area contributed by atoms with Gasteiger partial charge in [-0.3, -0.25) is 4.79 Å². The molecule has 2 unspecified atom stereocenters. The zero-order chi connectivity index (χ0) is 17.7. The molecule has 0 amide bonds. The highest BCUT2D eigenvalue weighted by Crippen LogP contribution is 2.28. The lowest BCUT2D eigenvalue weighted by atomic mass is 9.94. The van der Waals surface area contributed by atoms with Gasteiger partial charge in [0, 0.05) is 11.3 Å². The van der Waals surface area contributed by atoms with E-state index in [1.165, 1.54) is 11.0 Å². The van der Waals surface area contributed by atoms with E-state index in [2.05, 4.69) is 0 Å². The molecule has 1 rings (SSSR count). The van der Waals surface area contributed by atoms with Crippen molar-refractivity contribution in [2.45, 2.75) is 39.8 Å². The lowest BCUT2D eigenvalue weighted by Crippen LogP contribution is -2.55. The first-order valence-corrected chi connectivity index (χ1v) is 7.49. The number of benzene rings is 1. The number of carbonyl (C=O) groups is 3. The molecule has 126 valence electrons. The van der Waals surface area contributed by atoms with Gasteiger partial charge in [0.1, 0.15) is 18.4 Å². The first kappa shape index (κ1) is 18.7. The van der Waals surface area contributed by atoms with Crippen LogP contribution < -0.4 is 4.90 Å². The fraction of sp³-hybridized carbons (Fsp3) is 0.471. The van der Waals surface area contributed by atoms with Gasteiger partial charge in [0.25, 0.3) is 0 Å². The van der Waals surface area contributed by atoms with Gasteiger partial charge in [0.2, 0.25) is 0 Å². The van der Waals surface area contributed by atoms with Crippen molar-refractivity contribution >= 4 is 23.9 Å². The number of nitrogens with zero attached hydrogens (tertiary/aromatic N) is 1. The summed E-state index contributed by atoms with van der Waals surface area (Å²) in [5.74, 6) is -2.81. The predicted octanol–water partition coefficient (Wildman–Crippen LogP) is 2.52. The molecule has 0 spiro atoms. The Kier molecular flexibility index (Phi) is 6.30. The smallest absolute Gasteiger partial charge is 0.326 e. The maximum absolute atomic E-state index is 11.8. The van der Waals surface area contributed by atoms with E-state index in [9.17, 15) is 24.6 Å². The molecule has 0 radical (unpaired) electrons. The summed E-state index contributed by atoms with van der Waals surface area (Å²) < 4.78 is 0. The lowest BCUT2D eigenvalue weighted by Gasteiger charge is -2.39. The molecule has 2 atom stereocenters. The minimum Gasteiger partial charge on any atom is -0.480 e. The van der Waals surface area contributed by atoms with Crippen LogP contribution in [0.5, 0.6) is 0 Å². The molecule has 0 aliphatic heterocycles. The van der Waals surface area contributed by atoms with Gasteiger partial charge in [-0.05, 0) is 24.0 Å². The molecule has 0 aromatic heterocycles. The Bertz CT molecular complexity index is 556. The van der Waals surface area contributed by atoms with Crippen molar-refractivity contribution < 1.29 is 24.6 Å². The van der Waals surface area contributed by atoms with Crippen LogP contribution in [-0.2, 0) is 9.59 Å². The Morgan fingerprint density at radius 1 is 1.00 bits per heavy atom. The molecular formula is C17H23NO5. The van der Waals surface area contributed by atoms with Crippen molar-refractivity contribution in [3.8, 4) is 0 Å². The second kappa shape index (κ2) is 7.76.